The minimum Gasteiger partial charge on any atom is -0.476 e. The summed E-state index contributed by atoms with van der Waals surface area (Å²) >= 11 is 0. The fourth-order valence-corrected chi connectivity index (χ4v) is 2.89. The van der Waals surface area contributed by atoms with Crippen LogP contribution in [0.5, 0.6) is 5.75 Å². The first-order valence-electron chi connectivity index (χ1n) is 8.96. The minimum atomic E-state index is -3.13. The molecule has 1 aromatic rings. The van der Waals surface area contributed by atoms with Crippen LogP contribution in [-0.2, 0) is 9.59 Å². The molecule has 1 aliphatic heterocycles. The summed E-state index contributed by atoms with van der Waals surface area (Å²) in [6.45, 7) is 8.42. The van der Waals surface area contributed by atoms with Gasteiger partial charge in [-0.05, 0) is 52.3 Å². The second-order valence-corrected chi connectivity index (χ2v) is 7.42. The number of hydrogen-bond donors (Lipinski definition) is 2. The van der Waals surface area contributed by atoms with Crippen LogP contribution in [0.2, 0.25) is 0 Å². The number of anilines is 1. The number of fused-ring (bicyclic) bond motifs is 1. The number of alkyl halides is 2. The van der Waals surface area contributed by atoms with Gasteiger partial charge in [0.15, 0.2) is 5.60 Å². The zero-order chi connectivity index (χ0) is 21.2. The lowest BCUT2D eigenvalue weighted by atomic mass is 9.99. The van der Waals surface area contributed by atoms with E-state index in [2.05, 4.69) is 10.6 Å². The Kier molecular flexibility index (Phi) is 6.26. The molecule has 1 aromatic carbocycles. The van der Waals surface area contributed by atoms with Crippen LogP contribution in [0.4, 0.5) is 14.5 Å². The SMILES string of the molecule is Cc1cc2c(cc1C(=O)NC(C)C)N(CCNC(=O)C(F)F)C(=O)C(C)(C)O2. The van der Waals surface area contributed by atoms with Crippen molar-refractivity contribution in [3.05, 3.63) is 23.3 Å². The van der Waals surface area contributed by atoms with E-state index in [-0.39, 0.29) is 25.0 Å². The van der Waals surface area contributed by atoms with Crippen LogP contribution in [0.3, 0.4) is 0 Å². The summed E-state index contributed by atoms with van der Waals surface area (Å²) in [5, 5.41) is 4.88. The van der Waals surface area contributed by atoms with Crippen LogP contribution in [0, 0.1) is 6.92 Å². The van der Waals surface area contributed by atoms with E-state index in [0.29, 0.717) is 22.6 Å². The van der Waals surface area contributed by atoms with Gasteiger partial charge in [-0.1, -0.05) is 0 Å². The van der Waals surface area contributed by atoms with Crippen molar-refractivity contribution in [2.24, 2.45) is 0 Å². The highest BCUT2D eigenvalue weighted by molar-refractivity contribution is 6.05. The van der Waals surface area contributed by atoms with Crippen LogP contribution < -0.4 is 20.3 Å². The van der Waals surface area contributed by atoms with Crippen molar-refractivity contribution in [2.45, 2.75) is 52.7 Å². The number of benzene rings is 1. The highest BCUT2D eigenvalue weighted by atomic mass is 19.3. The zero-order valence-electron chi connectivity index (χ0n) is 16.6. The average molecular weight is 397 g/mol. The van der Waals surface area contributed by atoms with Gasteiger partial charge < -0.3 is 20.3 Å². The Labute approximate surface area is 162 Å². The number of amides is 3. The van der Waals surface area contributed by atoms with Gasteiger partial charge in [-0.3, -0.25) is 14.4 Å². The molecule has 154 valence electrons. The molecule has 0 bridgehead atoms. The third kappa shape index (κ3) is 4.58. The molecule has 0 fully saturated rings. The number of ether oxygens (including phenoxy) is 1. The predicted octanol–water partition coefficient (Wildman–Crippen LogP) is 2.02. The topological polar surface area (TPSA) is 87.7 Å². The van der Waals surface area contributed by atoms with Gasteiger partial charge >= 0.3 is 6.43 Å². The lowest BCUT2D eigenvalue weighted by Gasteiger charge is -2.39. The van der Waals surface area contributed by atoms with Crippen molar-refractivity contribution in [3.8, 4) is 5.75 Å². The number of halogens is 2. The third-order valence-electron chi connectivity index (χ3n) is 4.22. The molecule has 2 rings (SSSR count). The van der Waals surface area contributed by atoms with E-state index in [1.807, 2.05) is 13.8 Å². The number of carbonyl (C=O) groups is 3. The van der Waals surface area contributed by atoms with Crippen molar-refractivity contribution in [3.63, 3.8) is 0 Å². The van der Waals surface area contributed by atoms with E-state index in [0.717, 1.165) is 0 Å². The fourth-order valence-electron chi connectivity index (χ4n) is 2.89. The smallest absolute Gasteiger partial charge is 0.315 e. The van der Waals surface area contributed by atoms with Gasteiger partial charge in [-0.15, -0.1) is 0 Å². The molecule has 0 atom stereocenters. The Morgan fingerprint density at radius 1 is 1.25 bits per heavy atom. The maximum atomic E-state index is 12.8. The van der Waals surface area contributed by atoms with E-state index < -0.39 is 23.8 Å². The molecular formula is C19H25F2N3O4. The predicted molar refractivity (Wildman–Crippen MR) is 99.9 cm³/mol. The second-order valence-electron chi connectivity index (χ2n) is 7.42. The maximum absolute atomic E-state index is 12.8. The summed E-state index contributed by atoms with van der Waals surface area (Å²) in [5.41, 5.74) is 0.238. The summed E-state index contributed by atoms with van der Waals surface area (Å²) in [4.78, 5) is 37.7. The molecule has 1 aliphatic rings. The number of nitrogens with one attached hydrogen (secondary N) is 2. The molecule has 9 heteroatoms. The normalized spacial score (nSPS) is 15.3. The quantitative estimate of drug-likeness (QED) is 0.769. The van der Waals surface area contributed by atoms with Gasteiger partial charge in [0.25, 0.3) is 17.7 Å². The van der Waals surface area contributed by atoms with Crippen molar-refractivity contribution >= 4 is 23.4 Å². The Hall–Kier alpha value is -2.71. The lowest BCUT2D eigenvalue weighted by Crippen LogP contribution is -2.54. The van der Waals surface area contributed by atoms with Crippen LogP contribution in [0.1, 0.15) is 43.6 Å². The lowest BCUT2D eigenvalue weighted by molar-refractivity contribution is -0.133. The first-order chi connectivity index (χ1) is 12.9. The van der Waals surface area contributed by atoms with E-state index in [4.69, 9.17) is 4.74 Å². The number of aryl methyl sites for hydroxylation is 1. The van der Waals surface area contributed by atoms with Gasteiger partial charge in [0.1, 0.15) is 5.75 Å². The largest absolute Gasteiger partial charge is 0.476 e. The first kappa shape index (κ1) is 21.6. The standard InChI is InChI=1S/C19H25F2N3O4/c1-10(2)23-16(25)12-9-13-14(8-11(12)3)28-19(4,5)18(27)24(13)7-6-22-17(26)15(20)21/h8-10,15H,6-7H2,1-5H3,(H,22,26)(H,23,25). The highest BCUT2D eigenvalue weighted by Crippen LogP contribution is 2.39. The molecule has 0 unspecified atom stereocenters. The first-order valence-corrected chi connectivity index (χ1v) is 8.96. The summed E-state index contributed by atoms with van der Waals surface area (Å²) < 4.78 is 30.5. The molecule has 7 nitrogen and oxygen atoms in total. The summed E-state index contributed by atoms with van der Waals surface area (Å²) in [7, 11) is 0. The Balaban J connectivity index is 2.36. The van der Waals surface area contributed by atoms with Crippen LogP contribution in [0.15, 0.2) is 12.1 Å². The molecule has 3 amide bonds. The van der Waals surface area contributed by atoms with E-state index in [9.17, 15) is 23.2 Å². The van der Waals surface area contributed by atoms with E-state index in [1.54, 1.807) is 32.9 Å². The van der Waals surface area contributed by atoms with Crippen molar-refractivity contribution in [2.75, 3.05) is 18.0 Å². The number of nitrogens with zero attached hydrogens (tertiary/aromatic N) is 1. The Bertz CT molecular complexity index is 794. The van der Waals surface area contributed by atoms with Crippen LogP contribution in [0.25, 0.3) is 0 Å². The van der Waals surface area contributed by atoms with Crippen LogP contribution >= 0.6 is 0 Å². The van der Waals surface area contributed by atoms with Crippen molar-refractivity contribution in [1.29, 1.82) is 0 Å². The molecule has 0 saturated carbocycles. The van der Waals surface area contributed by atoms with Gasteiger partial charge in [0.05, 0.1) is 5.69 Å². The van der Waals surface area contributed by atoms with Gasteiger partial charge in [0, 0.05) is 24.7 Å². The molecule has 0 aliphatic carbocycles. The Morgan fingerprint density at radius 3 is 2.46 bits per heavy atom. The van der Waals surface area contributed by atoms with Crippen LogP contribution in [-0.4, -0.2) is 48.9 Å². The molecule has 2 N–H and O–H groups in total. The fraction of sp³-hybridized carbons (Fsp3) is 0.526. The van der Waals surface area contributed by atoms with Crippen molar-refractivity contribution in [1.82, 2.24) is 10.6 Å². The number of hydrogen-bond acceptors (Lipinski definition) is 4. The Morgan fingerprint density at radius 2 is 1.89 bits per heavy atom. The zero-order valence-corrected chi connectivity index (χ0v) is 16.6. The number of rotatable bonds is 6. The summed E-state index contributed by atoms with van der Waals surface area (Å²) in [6, 6.07) is 3.15. The third-order valence-corrected chi connectivity index (χ3v) is 4.22. The van der Waals surface area contributed by atoms with E-state index in [1.165, 1.54) is 4.90 Å². The van der Waals surface area contributed by atoms with E-state index >= 15 is 0 Å². The molecule has 0 saturated heterocycles. The molecule has 0 radical (unpaired) electrons. The van der Waals surface area contributed by atoms with Crippen molar-refractivity contribution < 1.29 is 27.9 Å². The molecule has 0 spiro atoms. The molecule has 1 heterocycles. The summed E-state index contributed by atoms with van der Waals surface area (Å²) in [5.74, 6) is -1.69. The molecule has 28 heavy (non-hydrogen) atoms. The maximum Gasteiger partial charge on any atom is 0.315 e. The van der Waals surface area contributed by atoms with Gasteiger partial charge in [0.2, 0.25) is 0 Å². The summed E-state index contributed by atoms with van der Waals surface area (Å²) in [6.07, 6.45) is -3.13. The molecular weight excluding hydrogens is 372 g/mol. The molecule has 0 aromatic heterocycles. The minimum absolute atomic E-state index is 0.0363. The number of carbonyl (C=O) groups excluding carboxylic acids is 3. The average Bonchev–Trinajstić information content (AvgIpc) is 2.56. The highest BCUT2D eigenvalue weighted by Gasteiger charge is 2.41. The monoisotopic (exact) mass is 397 g/mol. The van der Waals surface area contributed by atoms with Gasteiger partial charge in [-0.2, -0.15) is 8.78 Å². The van der Waals surface area contributed by atoms with Gasteiger partial charge in [-0.25, -0.2) is 0 Å². The second kappa shape index (κ2) is 8.12.